The predicted molar refractivity (Wildman–Crippen MR) is 105 cm³/mol. The summed E-state index contributed by atoms with van der Waals surface area (Å²) in [4.78, 5) is 40.8. The second-order valence-corrected chi connectivity index (χ2v) is 7.08. The van der Waals surface area contributed by atoms with Crippen molar-refractivity contribution < 1.29 is 24.0 Å². The standard InChI is InChI=1S/C18H17ClN4O6/c1-18(2)17(25)22(16-13(29-18)6-7-14(21-16)23(26)27)9-15(24)20-11-8-10(19)4-5-12(11)28-3/h4-8H,9H2,1-3H3,(H,20,24). The lowest BCUT2D eigenvalue weighted by molar-refractivity contribution is -0.389. The Bertz CT molecular complexity index is 1010. The van der Waals surface area contributed by atoms with E-state index in [-0.39, 0.29) is 11.6 Å². The number of nitrogens with zero attached hydrogens (tertiary/aromatic N) is 3. The zero-order valence-electron chi connectivity index (χ0n) is 15.8. The summed E-state index contributed by atoms with van der Waals surface area (Å²) >= 11 is 5.96. The van der Waals surface area contributed by atoms with Crippen LogP contribution in [0.15, 0.2) is 30.3 Å². The lowest BCUT2D eigenvalue weighted by Crippen LogP contribution is -2.54. The Hall–Kier alpha value is -3.40. The van der Waals surface area contributed by atoms with Crippen molar-refractivity contribution in [3.8, 4) is 11.5 Å². The molecule has 2 aromatic rings. The second-order valence-electron chi connectivity index (χ2n) is 6.64. The smallest absolute Gasteiger partial charge is 0.366 e. The normalized spacial score (nSPS) is 14.6. The van der Waals surface area contributed by atoms with Gasteiger partial charge in [-0.25, -0.2) is 0 Å². The molecule has 0 fully saturated rings. The van der Waals surface area contributed by atoms with Crippen LogP contribution < -0.4 is 19.7 Å². The Balaban J connectivity index is 1.92. The summed E-state index contributed by atoms with van der Waals surface area (Å²) in [6.45, 7) is 2.62. The predicted octanol–water partition coefficient (Wildman–Crippen LogP) is 2.79. The number of hydrogen-bond donors (Lipinski definition) is 1. The van der Waals surface area contributed by atoms with E-state index in [0.29, 0.717) is 16.5 Å². The molecule has 11 heteroatoms. The Morgan fingerprint density at radius 2 is 2.10 bits per heavy atom. The van der Waals surface area contributed by atoms with Crippen molar-refractivity contribution in [3.05, 3.63) is 45.5 Å². The van der Waals surface area contributed by atoms with Crippen molar-refractivity contribution in [2.45, 2.75) is 19.4 Å². The third kappa shape index (κ3) is 4.06. The molecule has 1 aromatic heterocycles. The molecule has 1 aliphatic heterocycles. The molecule has 0 radical (unpaired) electrons. The van der Waals surface area contributed by atoms with Crippen LogP contribution in [0.3, 0.4) is 0 Å². The van der Waals surface area contributed by atoms with Gasteiger partial charge in [0.2, 0.25) is 5.91 Å². The highest BCUT2D eigenvalue weighted by molar-refractivity contribution is 6.31. The highest BCUT2D eigenvalue weighted by atomic mass is 35.5. The first-order valence-corrected chi connectivity index (χ1v) is 8.80. The van der Waals surface area contributed by atoms with Gasteiger partial charge in [0.25, 0.3) is 11.7 Å². The number of ether oxygens (including phenoxy) is 2. The molecule has 0 aliphatic carbocycles. The van der Waals surface area contributed by atoms with Gasteiger partial charge in [-0.05, 0) is 48.0 Å². The molecule has 1 N–H and O–H groups in total. The topological polar surface area (TPSA) is 124 Å². The Labute approximate surface area is 170 Å². The van der Waals surface area contributed by atoms with E-state index in [1.807, 2.05) is 0 Å². The van der Waals surface area contributed by atoms with Crippen molar-refractivity contribution in [2.75, 3.05) is 23.9 Å². The average molecular weight is 421 g/mol. The van der Waals surface area contributed by atoms with Gasteiger partial charge >= 0.3 is 5.82 Å². The minimum absolute atomic E-state index is 0.100. The van der Waals surface area contributed by atoms with Crippen LogP contribution in [0.25, 0.3) is 0 Å². The molecule has 10 nitrogen and oxygen atoms in total. The quantitative estimate of drug-likeness (QED) is 0.582. The molecule has 152 valence electrons. The molecule has 0 saturated heterocycles. The van der Waals surface area contributed by atoms with Crippen LogP contribution in [0.4, 0.5) is 17.3 Å². The minimum Gasteiger partial charge on any atom is -0.495 e. The second kappa shape index (κ2) is 7.55. The average Bonchev–Trinajstić information content (AvgIpc) is 2.65. The van der Waals surface area contributed by atoms with E-state index in [1.165, 1.54) is 39.2 Å². The van der Waals surface area contributed by atoms with E-state index >= 15 is 0 Å². The number of nitrogens with one attached hydrogen (secondary N) is 1. The monoisotopic (exact) mass is 420 g/mol. The number of carbonyl (C=O) groups is 2. The number of benzene rings is 1. The van der Waals surface area contributed by atoms with Gasteiger partial charge in [-0.2, -0.15) is 0 Å². The molecule has 2 amide bonds. The van der Waals surface area contributed by atoms with Gasteiger partial charge in [0.05, 0.1) is 12.8 Å². The molecule has 0 saturated carbocycles. The molecular weight excluding hydrogens is 404 g/mol. The van der Waals surface area contributed by atoms with Gasteiger partial charge in [-0.1, -0.05) is 11.6 Å². The summed E-state index contributed by atoms with van der Waals surface area (Å²) in [6, 6.07) is 7.20. The highest BCUT2D eigenvalue weighted by Crippen LogP contribution is 2.37. The van der Waals surface area contributed by atoms with E-state index in [0.717, 1.165) is 4.90 Å². The van der Waals surface area contributed by atoms with E-state index < -0.39 is 34.7 Å². The van der Waals surface area contributed by atoms with E-state index in [2.05, 4.69) is 10.3 Å². The van der Waals surface area contributed by atoms with Crippen LogP contribution in [0.2, 0.25) is 5.02 Å². The summed E-state index contributed by atoms with van der Waals surface area (Å²) in [5.74, 6) is -1.17. The lowest BCUT2D eigenvalue weighted by atomic mass is 10.1. The van der Waals surface area contributed by atoms with Crippen molar-refractivity contribution >= 4 is 40.7 Å². The molecule has 0 spiro atoms. The number of methoxy groups -OCH3 is 1. The Morgan fingerprint density at radius 3 is 2.76 bits per heavy atom. The number of anilines is 2. The number of rotatable bonds is 5. The first kappa shape index (κ1) is 20.3. The highest BCUT2D eigenvalue weighted by Gasteiger charge is 2.45. The van der Waals surface area contributed by atoms with E-state index in [4.69, 9.17) is 21.1 Å². The number of hydrogen-bond acceptors (Lipinski definition) is 7. The minimum atomic E-state index is -1.28. The van der Waals surface area contributed by atoms with Crippen LogP contribution in [0.5, 0.6) is 11.5 Å². The zero-order chi connectivity index (χ0) is 21.3. The van der Waals surface area contributed by atoms with Crippen molar-refractivity contribution in [1.29, 1.82) is 0 Å². The Morgan fingerprint density at radius 1 is 1.38 bits per heavy atom. The summed E-state index contributed by atoms with van der Waals surface area (Å²) in [6.07, 6.45) is 0. The summed E-state index contributed by atoms with van der Waals surface area (Å²) in [7, 11) is 1.44. The van der Waals surface area contributed by atoms with E-state index in [9.17, 15) is 19.7 Å². The molecule has 2 heterocycles. The maximum absolute atomic E-state index is 12.8. The van der Waals surface area contributed by atoms with Crippen molar-refractivity contribution in [3.63, 3.8) is 0 Å². The number of halogens is 1. The van der Waals surface area contributed by atoms with Crippen LogP contribution in [0, 0.1) is 10.1 Å². The van der Waals surface area contributed by atoms with E-state index in [1.54, 1.807) is 12.1 Å². The Kier molecular flexibility index (Phi) is 5.29. The summed E-state index contributed by atoms with van der Waals surface area (Å²) in [5, 5.41) is 14.1. The molecule has 3 rings (SSSR count). The van der Waals surface area contributed by atoms with Crippen LogP contribution in [-0.4, -0.2) is 41.0 Å². The summed E-state index contributed by atoms with van der Waals surface area (Å²) < 4.78 is 10.8. The number of nitro groups is 1. The molecule has 0 atom stereocenters. The summed E-state index contributed by atoms with van der Waals surface area (Å²) in [5.41, 5.74) is -0.962. The van der Waals surface area contributed by atoms with Crippen LogP contribution in [0.1, 0.15) is 13.8 Å². The van der Waals surface area contributed by atoms with Gasteiger partial charge in [-0.3, -0.25) is 14.5 Å². The van der Waals surface area contributed by atoms with Crippen molar-refractivity contribution in [2.24, 2.45) is 0 Å². The van der Waals surface area contributed by atoms with Gasteiger partial charge < -0.3 is 24.9 Å². The fourth-order valence-electron chi connectivity index (χ4n) is 2.80. The number of pyridine rings is 1. The maximum atomic E-state index is 12.8. The molecule has 1 aliphatic rings. The third-order valence-corrected chi connectivity index (χ3v) is 4.37. The van der Waals surface area contributed by atoms with Crippen LogP contribution in [-0.2, 0) is 9.59 Å². The fraction of sp³-hybridized carbons (Fsp3) is 0.278. The molecule has 0 unspecified atom stereocenters. The molecule has 1 aromatic carbocycles. The third-order valence-electron chi connectivity index (χ3n) is 4.13. The molecule has 29 heavy (non-hydrogen) atoms. The van der Waals surface area contributed by atoms with Gasteiger partial charge in [0, 0.05) is 11.1 Å². The number of fused-ring (bicyclic) bond motifs is 1. The zero-order valence-corrected chi connectivity index (χ0v) is 16.5. The van der Waals surface area contributed by atoms with Gasteiger partial charge in [-0.15, -0.1) is 0 Å². The largest absolute Gasteiger partial charge is 0.495 e. The first-order chi connectivity index (χ1) is 13.6. The number of aromatic nitrogens is 1. The fourth-order valence-corrected chi connectivity index (χ4v) is 2.97. The number of carbonyl (C=O) groups excluding carboxylic acids is 2. The molecule has 0 bridgehead atoms. The van der Waals surface area contributed by atoms with Crippen molar-refractivity contribution in [1.82, 2.24) is 4.98 Å². The lowest BCUT2D eigenvalue weighted by Gasteiger charge is -2.35. The van der Waals surface area contributed by atoms with Gasteiger partial charge in [0.15, 0.2) is 11.4 Å². The van der Waals surface area contributed by atoms with Gasteiger partial charge in [0.1, 0.15) is 12.3 Å². The molecular formula is C18H17ClN4O6. The first-order valence-electron chi connectivity index (χ1n) is 8.42. The SMILES string of the molecule is COc1ccc(Cl)cc1NC(=O)CN1C(=O)C(C)(C)Oc2ccc([N+](=O)[O-])nc21. The van der Waals surface area contributed by atoms with Crippen LogP contribution >= 0.6 is 11.6 Å². The number of amides is 2. The maximum Gasteiger partial charge on any atom is 0.366 e.